The Labute approximate surface area is 205 Å². The molecule has 4 aromatic rings. The molecule has 0 spiro atoms. The number of anilines is 1. The summed E-state index contributed by atoms with van der Waals surface area (Å²) in [6, 6.07) is 19.5. The molecule has 0 aliphatic heterocycles. The zero-order valence-corrected chi connectivity index (χ0v) is 19.9. The Bertz CT molecular complexity index is 1280. The number of carbonyl (C=O) groups is 1. The van der Waals surface area contributed by atoms with Crippen molar-refractivity contribution in [3.63, 3.8) is 0 Å². The Balaban J connectivity index is 1.40. The molecule has 0 fully saturated rings. The van der Waals surface area contributed by atoms with Gasteiger partial charge in [0.25, 0.3) is 5.22 Å². The lowest BCUT2D eigenvalue weighted by molar-refractivity contribution is -0.113. The topological polar surface area (TPSA) is 95.7 Å². The third-order valence-corrected chi connectivity index (χ3v) is 5.60. The molecule has 0 bridgehead atoms. The second kappa shape index (κ2) is 11.0. The molecule has 0 aliphatic rings. The van der Waals surface area contributed by atoms with Crippen molar-refractivity contribution in [1.29, 1.82) is 0 Å². The van der Waals surface area contributed by atoms with Crippen LogP contribution in [-0.2, 0) is 4.79 Å². The Morgan fingerprint density at radius 2 is 1.74 bits per heavy atom. The van der Waals surface area contributed by atoms with Crippen molar-refractivity contribution in [3.05, 3.63) is 71.8 Å². The van der Waals surface area contributed by atoms with Crippen molar-refractivity contribution in [2.45, 2.75) is 5.22 Å². The second-order valence-corrected chi connectivity index (χ2v) is 8.20. The van der Waals surface area contributed by atoms with E-state index < -0.39 is 0 Å². The van der Waals surface area contributed by atoms with E-state index in [1.165, 1.54) is 0 Å². The van der Waals surface area contributed by atoms with Crippen LogP contribution in [0.5, 0.6) is 23.0 Å². The third-order valence-electron chi connectivity index (χ3n) is 4.55. The maximum atomic E-state index is 12.6. The van der Waals surface area contributed by atoms with Gasteiger partial charge in [0.05, 0.1) is 25.7 Å². The van der Waals surface area contributed by atoms with Crippen molar-refractivity contribution in [3.8, 4) is 34.5 Å². The molecular weight excluding hydrogens is 478 g/mol. The van der Waals surface area contributed by atoms with E-state index in [0.717, 1.165) is 11.8 Å². The van der Waals surface area contributed by atoms with Crippen LogP contribution in [0, 0.1) is 0 Å². The molecule has 34 heavy (non-hydrogen) atoms. The number of nitrogens with one attached hydrogen (secondary N) is 1. The van der Waals surface area contributed by atoms with Crippen LogP contribution in [0.25, 0.3) is 11.5 Å². The Morgan fingerprint density at radius 1 is 0.971 bits per heavy atom. The molecule has 8 nitrogen and oxygen atoms in total. The van der Waals surface area contributed by atoms with Gasteiger partial charge in [0, 0.05) is 10.6 Å². The first-order chi connectivity index (χ1) is 16.6. The summed E-state index contributed by atoms with van der Waals surface area (Å²) >= 11 is 7.23. The summed E-state index contributed by atoms with van der Waals surface area (Å²) in [6.07, 6.45) is 0. The number of benzene rings is 3. The zero-order valence-electron chi connectivity index (χ0n) is 18.3. The minimum atomic E-state index is -0.281. The molecule has 0 saturated carbocycles. The van der Waals surface area contributed by atoms with Crippen LogP contribution in [0.4, 0.5) is 5.69 Å². The van der Waals surface area contributed by atoms with E-state index in [-0.39, 0.29) is 16.9 Å². The van der Waals surface area contributed by atoms with Gasteiger partial charge in [0.15, 0.2) is 17.2 Å². The summed E-state index contributed by atoms with van der Waals surface area (Å²) in [5.74, 6) is 2.32. The molecule has 0 saturated heterocycles. The largest absolute Gasteiger partial charge is 0.493 e. The second-order valence-electron chi connectivity index (χ2n) is 6.84. The lowest BCUT2D eigenvalue weighted by Gasteiger charge is -2.12. The molecule has 174 valence electrons. The fraction of sp³-hybridized carbons (Fsp3) is 0.125. The van der Waals surface area contributed by atoms with Crippen LogP contribution in [0.1, 0.15) is 0 Å². The Morgan fingerprint density at radius 3 is 2.50 bits per heavy atom. The molecule has 3 aromatic carbocycles. The third kappa shape index (κ3) is 5.81. The number of ether oxygens (including phenoxy) is 3. The predicted octanol–water partition coefficient (Wildman–Crippen LogP) is 5.93. The minimum Gasteiger partial charge on any atom is -0.493 e. The highest BCUT2D eigenvalue weighted by molar-refractivity contribution is 7.99. The quantitative estimate of drug-likeness (QED) is 0.284. The van der Waals surface area contributed by atoms with Gasteiger partial charge in [-0.1, -0.05) is 41.6 Å². The van der Waals surface area contributed by atoms with Gasteiger partial charge in [-0.05, 0) is 48.5 Å². The first-order valence-electron chi connectivity index (χ1n) is 10.1. The number of amides is 1. The van der Waals surface area contributed by atoms with E-state index >= 15 is 0 Å². The fourth-order valence-electron chi connectivity index (χ4n) is 2.97. The van der Waals surface area contributed by atoms with E-state index in [4.69, 9.17) is 30.2 Å². The van der Waals surface area contributed by atoms with Gasteiger partial charge in [-0.25, -0.2) is 0 Å². The number of rotatable bonds is 9. The number of carbonyl (C=O) groups excluding carboxylic acids is 1. The smallest absolute Gasteiger partial charge is 0.277 e. The molecule has 1 heterocycles. The average molecular weight is 498 g/mol. The maximum absolute atomic E-state index is 12.6. The van der Waals surface area contributed by atoms with Gasteiger partial charge in [0.2, 0.25) is 11.8 Å². The highest BCUT2D eigenvalue weighted by Gasteiger charge is 2.15. The van der Waals surface area contributed by atoms with Crippen molar-refractivity contribution < 1.29 is 23.4 Å². The van der Waals surface area contributed by atoms with E-state index in [1.54, 1.807) is 50.6 Å². The Kier molecular flexibility index (Phi) is 7.56. The zero-order chi connectivity index (χ0) is 23.9. The number of thioether (sulfide) groups is 1. The number of halogens is 1. The van der Waals surface area contributed by atoms with Crippen molar-refractivity contribution in [2.75, 3.05) is 25.3 Å². The van der Waals surface area contributed by atoms with Crippen LogP contribution in [-0.4, -0.2) is 36.1 Å². The predicted molar refractivity (Wildman–Crippen MR) is 130 cm³/mol. The standard InChI is InChI=1S/C24H20ClN3O5S/c1-30-20-10-8-15(12-21(20)31-2)23-27-28-24(33-23)34-14-22(29)26-18-13-16(25)9-11-19(18)32-17-6-4-3-5-7-17/h3-13H,14H2,1-2H3,(H,26,29). The number of hydrogen-bond acceptors (Lipinski definition) is 8. The lowest BCUT2D eigenvalue weighted by Crippen LogP contribution is -2.14. The molecular formula is C24H20ClN3O5S. The van der Waals surface area contributed by atoms with E-state index in [0.29, 0.717) is 45.2 Å². The number of aromatic nitrogens is 2. The van der Waals surface area contributed by atoms with Crippen molar-refractivity contribution in [2.24, 2.45) is 0 Å². The van der Waals surface area contributed by atoms with Gasteiger partial charge in [-0.3, -0.25) is 4.79 Å². The summed E-state index contributed by atoms with van der Waals surface area (Å²) < 4.78 is 22.1. The molecule has 0 aliphatic carbocycles. The maximum Gasteiger partial charge on any atom is 0.277 e. The van der Waals surface area contributed by atoms with Crippen LogP contribution in [0.15, 0.2) is 76.4 Å². The van der Waals surface area contributed by atoms with Crippen LogP contribution in [0.2, 0.25) is 5.02 Å². The molecule has 0 atom stereocenters. The number of para-hydroxylation sites is 1. The summed E-state index contributed by atoms with van der Waals surface area (Å²) in [6.45, 7) is 0. The molecule has 1 N–H and O–H groups in total. The highest BCUT2D eigenvalue weighted by Crippen LogP contribution is 2.34. The van der Waals surface area contributed by atoms with Gasteiger partial charge >= 0.3 is 0 Å². The lowest BCUT2D eigenvalue weighted by atomic mass is 10.2. The Hall–Kier alpha value is -3.69. The SMILES string of the molecule is COc1ccc(-c2nnc(SCC(=O)Nc3cc(Cl)ccc3Oc3ccccc3)o2)cc1OC. The first-order valence-corrected chi connectivity index (χ1v) is 11.4. The average Bonchev–Trinajstić information content (AvgIpc) is 3.34. The highest BCUT2D eigenvalue weighted by atomic mass is 35.5. The molecule has 10 heteroatoms. The number of methoxy groups -OCH3 is 2. The molecule has 0 radical (unpaired) electrons. The summed E-state index contributed by atoms with van der Waals surface area (Å²) in [7, 11) is 3.11. The van der Waals surface area contributed by atoms with Crippen LogP contribution >= 0.6 is 23.4 Å². The number of nitrogens with zero attached hydrogens (tertiary/aromatic N) is 2. The van der Waals surface area contributed by atoms with E-state index in [2.05, 4.69) is 15.5 Å². The van der Waals surface area contributed by atoms with E-state index in [9.17, 15) is 4.79 Å². The minimum absolute atomic E-state index is 0.0465. The van der Waals surface area contributed by atoms with Gasteiger partial charge in [-0.2, -0.15) is 0 Å². The fourth-order valence-corrected chi connectivity index (χ4v) is 3.71. The first kappa shape index (κ1) is 23.5. The summed E-state index contributed by atoms with van der Waals surface area (Å²) in [5, 5.41) is 11.6. The van der Waals surface area contributed by atoms with Crippen molar-refractivity contribution in [1.82, 2.24) is 10.2 Å². The molecule has 1 aromatic heterocycles. The van der Waals surface area contributed by atoms with Gasteiger partial charge in [0.1, 0.15) is 5.75 Å². The van der Waals surface area contributed by atoms with Crippen molar-refractivity contribution >= 4 is 35.0 Å². The monoisotopic (exact) mass is 497 g/mol. The molecule has 0 unspecified atom stereocenters. The van der Waals surface area contributed by atoms with E-state index in [1.807, 2.05) is 30.3 Å². The number of hydrogen-bond donors (Lipinski definition) is 1. The van der Waals surface area contributed by atoms with Crippen LogP contribution in [0.3, 0.4) is 0 Å². The summed E-state index contributed by atoms with van der Waals surface area (Å²) in [4.78, 5) is 12.6. The molecule has 1 amide bonds. The van der Waals surface area contributed by atoms with Gasteiger partial charge < -0.3 is 23.9 Å². The normalized spacial score (nSPS) is 10.6. The summed E-state index contributed by atoms with van der Waals surface area (Å²) in [5.41, 5.74) is 1.13. The molecule has 4 rings (SSSR count). The van der Waals surface area contributed by atoms with Crippen LogP contribution < -0.4 is 19.5 Å². The van der Waals surface area contributed by atoms with Gasteiger partial charge in [-0.15, -0.1) is 10.2 Å².